The van der Waals surface area contributed by atoms with Gasteiger partial charge in [0.15, 0.2) is 0 Å². The van der Waals surface area contributed by atoms with Crippen molar-refractivity contribution in [1.82, 2.24) is 0 Å². The summed E-state index contributed by atoms with van der Waals surface area (Å²) in [7, 11) is -1.60. The third-order valence-corrected chi connectivity index (χ3v) is 5.27. The Morgan fingerprint density at radius 1 is 0.824 bits per heavy atom. The van der Waals surface area contributed by atoms with Gasteiger partial charge in [-0.1, -0.05) is 48.5 Å². The third-order valence-electron chi connectivity index (χ3n) is 3.38. The van der Waals surface area contributed by atoms with Crippen LogP contribution in [0.15, 0.2) is 48.5 Å². The van der Waals surface area contributed by atoms with Crippen LogP contribution in [0.2, 0.25) is 6.04 Å². The van der Waals surface area contributed by atoms with Gasteiger partial charge in [0.1, 0.15) is 0 Å². The van der Waals surface area contributed by atoms with E-state index in [1.165, 1.54) is 22.3 Å². The zero-order chi connectivity index (χ0) is 11.8. The van der Waals surface area contributed by atoms with E-state index >= 15 is 0 Å². The minimum Gasteiger partial charge on any atom is -0.150 e. The van der Waals surface area contributed by atoms with E-state index in [0.717, 1.165) is 6.04 Å². The summed E-state index contributed by atoms with van der Waals surface area (Å²) in [6.45, 7) is 0. The van der Waals surface area contributed by atoms with E-state index in [4.69, 9.17) is 22.2 Å². The average Bonchev–Trinajstić information content (AvgIpc) is 2.65. The number of halogens is 2. The Balaban J connectivity index is 2.17. The van der Waals surface area contributed by atoms with Gasteiger partial charge in [0, 0.05) is 5.92 Å². The largest absolute Gasteiger partial charge is 0.238 e. The van der Waals surface area contributed by atoms with Crippen LogP contribution in [-0.2, 0) is 0 Å². The van der Waals surface area contributed by atoms with Crippen molar-refractivity contribution in [2.75, 3.05) is 0 Å². The molecule has 2 aromatic carbocycles. The van der Waals surface area contributed by atoms with Crippen LogP contribution in [-0.4, -0.2) is 7.42 Å². The molecule has 3 rings (SSSR count). The molecule has 0 nitrogen and oxygen atoms in total. The van der Waals surface area contributed by atoms with E-state index in [9.17, 15) is 0 Å². The van der Waals surface area contributed by atoms with Crippen LogP contribution < -0.4 is 0 Å². The Kier molecular flexibility index (Phi) is 2.99. The second-order valence-electron chi connectivity index (χ2n) is 4.35. The van der Waals surface area contributed by atoms with E-state index in [0.29, 0.717) is 5.92 Å². The van der Waals surface area contributed by atoms with Gasteiger partial charge in [-0.25, -0.2) is 0 Å². The number of rotatable bonds is 2. The van der Waals surface area contributed by atoms with Gasteiger partial charge in [0.2, 0.25) is 7.42 Å². The van der Waals surface area contributed by atoms with Crippen molar-refractivity contribution in [2.24, 2.45) is 0 Å². The minimum absolute atomic E-state index is 0.397. The number of hydrogen-bond acceptors (Lipinski definition) is 0. The molecular formula is C14H12Cl2Si. The van der Waals surface area contributed by atoms with Gasteiger partial charge in [0.05, 0.1) is 0 Å². The summed E-state index contributed by atoms with van der Waals surface area (Å²) < 4.78 is 0. The van der Waals surface area contributed by atoms with E-state index in [1.807, 2.05) is 0 Å². The van der Waals surface area contributed by atoms with E-state index in [1.54, 1.807) is 0 Å². The molecule has 2 aromatic rings. The summed E-state index contributed by atoms with van der Waals surface area (Å²) in [4.78, 5) is 0. The van der Waals surface area contributed by atoms with E-state index in [-0.39, 0.29) is 0 Å². The van der Waals surface area contributed by atoms with Gasteiger partial charge in [-0.15, -0.1) is 0 Å². The first kappa shape index (κ1) is 11.3. The van der Waals surface area contributed by atoms with Gasteiger partial charge >= 0.3 is 0 Å². The van der Waals surface area contributed by atoms with E-state index in [2.05, 4.69) is 48.5 Å². The molecule has 0 aromatic heterocycles. The molecule has 0 bridgehead atoms. The van der Waals surface area contributed by atoms with Gasteiger partial charge < -0.3 is 0 Å². The normalized spacial score (nSPS) is 13.8. The monoisotopic (exact) mass is 278 g/mol. The predicted octanol–water partition coefficient (Wildman–Crippen LogP) is 4.50. The Morgan fingerprint density at radius 2 is 1.29 bits per heavy atom. The first-order valence-electron chi connectivity index (χ1n) is 5.73. The Labute approximate surface area is 112 Å². The Morgan fingerprint density at radius 3 is 1.76 bits per heavy atom. The minimum atomic E-state index is -1.60. The molecule has 0 unspecified atom stereocenters. The zero-order valence-electron chi connectivity index (χ0n) is 9.24. The lowest BCUT2D eigenvalue weighted by Gasteiger charge is -2.12. The summed E-state index contributed by atoms with van der Waals surface area (Å²) in [5.41, 5.74) is 5.45. The fourth-order valence-electron chi connectivity index (χ4n) is 2.69. The van der Waals surface area contributed by atoms with Gasteiger partial charge in [-0.2, -0.15) is 22.2 Å². The smallest absolute Gasteiger partial charge is 0.150 e. The molecule has 0 radical (unpaired) electrons. The zero-order valence-corrected chi connectivity index (χ0v) is 11.9. The van der Waals surface area contributed by atoms with Crippen LogP contribution in [0.4, 0.5) is 0 Å². The van der Waals surface area contributed by atoms with Crippen molar-refractivity contribution in [3.8, 4) is 11.1 Å². The number of fused-ring (bicyclic) bond motifs is 3. The highest BCUT2D eigenvalue weighted by Crippen LogP contribution is 2.47. The maximum Gasteiger partial charge on any atom is 0.238 e. The van der Waals surface area contributed by atoms with Gasteiger partial charge in [-0.3, -0.25) is 0 Å². The predicted molar refractivity (Wildman–Crippen MR) is 77.4 cm³/mol. The van der Waals surface area contributed by atoms with Crippen LogP contribution >= 0.6 is 22.2 Å². The average molecular weight is 279 g/mol. The standard InChI is InChI=1S/C14H12Cl2Si/c15-17(16)9-14-12-7-3-1-5-10(12)11-6-2-4-8-13(11)14/h1-8,14,17H,9H2. The lowest BCUT2D eigenvalue weighted by atomic mass is 9.99. The molecule has 0 amide bonds. The fraction of sp³-hybridized carbons (Fsp3) is 0.143. The van der Waals surface area contributed by atoms with Crippen molar-refractivity contribution < 1.29 is 0 Å². The molecule has 0 heterocycles. The highest BCUT2D eigenvalue weighted by atomic mass is 35.7. The van der Waals surface area contributed by atoms with Crippen molar-refractivity contribution >= 4 is 29.6 Å². The fourth-order valence-corrected chi connectivity index (χ4v) is 4.63. The summed E-state index contributed by atoms with van der Waals surface area (Å²) in [6.07, 6.45) is 0. The molecular weight excluding hydrogens is 267 g/mol. The molecule has 0 spiro atoms. The number of hydrogen-bond donors (Lipinski definition) is 0. The first-order valence-corrected chi connectivity index (χ1v) is 10.0. The maximum absolute atomic E-state index is 6.10. The second-order valence-corrected chi connectivity index (χ2v) is 9.44. The van der Waals surface area contributed by atoms with Crippen molar-refractivity contribution in [3.63, 3.8) is 0 Å². The highest BCUT2D eigenvalue weighted by molar-refractivity contribution is 7.33. The lowest BCUT2D eigenvalue weighted by Crippen LogP contribution is -2.03. The molecule has 0 saturated carbocycles. The molecule has 0 N–H and O–H groups in total. The van der Waals surface area contributed by atoms with Crippen molar-refractivity contribution in [2.45, 2.75) is 12.0 Å². The maximum atomic E-state index is 6.10. The lowest BCUT2D eigenvalue weighted by molar-refractivity contribution is 0.949. The van der Waals surface area contributed by atoms with E-state index < -0.39 is 7.42 Å². The van der Waals surface area contributed by atoms with Crippen LogP contribution in [0.5, 0.6) is 0 Å². The van der Waals surface area contributed by atoms with Crippen LogP contribution in [0.25, 0.3) is 11.1 Å². The van der Waals surface area contributed by atoms with Crippen LogP contribution in [0.1, 0.15) is 17.0 Å². The summed E-state index contributed by atoms with van der Waals surface area (Å²) >= 11 is 12.2. The molecule has 3 heteroatoms. The van der Waals surface area contributed by atoms with Crippen molar-refractivity contribution in [1.29, 1.82) is 0 Å². The number of benzene rings is 2. The Hall–Kier alpha value is -0.763. The summed E-state index contributed by atoms with van der Waals surface area (Å²) in [5.74, 6) is 0.397. The third kappa shape index (κ3) is 1.93. The highest BCUT2D eigenvalue weighted by Gasteiger charge is 2.29. The molecule has 0 atom stereocenters. The Bertz CT molecular complexity index is 506. The molecule has 1 aliphatic carbocycles. The molecule has 0 aliphatic heterocycles. The SMILES string of the molecule is Cl[SiH](Cl)CC1c2ccccc2-c2ccccc21. The quantitative estimate of drug-likeness (QED) is 0.561. The second kappa shape index (κ2) is 4.49. The van der Waals surface area contributed by atoms with Gasteiger partial charge in [-0.05, 0) is 28.3 Å². The first-order chi connectivity index (χ1) is 8.27. The molecule has 0 saturated heterocycles. The van der Waals surface area contributed by atoms with Gasteiger partial charge in [0.25, 0.3) is 0 Å². The van der Waals surface area contributed by atoms with Crippen molar-refractivity contribution in [3.05, 3.63) is 59.7 Å². The molecule has 17 heavy (non-hydrogen) atoms. The topological polar surface area (TPSA) is 0 Å². The summed E-state index contributed by atoms with van der Waals surface area (Å²) in [5, 5.41) is 0. The molecule has 0 fully saturated rings. The van der Waals surface area contributed by atoms with Crippen LogP contribution in [0.3, 0.4) is 0 Å². The molecule has 1 aliphatic rings. The van der Waals surface area contributed by atoms with Crippen LogP contribution in [0, 0.1) is 0 Å². The summed E-state index contributed by atoms with van der Waals surface area (Å²) in [6, 6.07) is 18.1. The molecule has 86 valence electrons.